The Bertz CT molecular complexity index is 576. The van der Waals surface area contributed by atoms with Crippen LogP contribution < -0.4 is 5.32 Å². The zero-order valence-corrected chi connectivity index (χ0v) is 11.8. The number of benzene rings is 1. The van der Waals surface area contributed by atoms with E-state index < -0.39 is 0 Å². The van der Waals surface area contributed by atoms with E-state index in [1.54, 1.807) is 6.07 Å². The predicted molar refractivity (Wildman–Crippen MR) is 75.8 cm³/mol. The van der Waals surface area contributed by atoms with Crippen LogP contribution >= 0.6 is 15.9 Å². The second-order valence-corrected chi connectivity index (χ2v) is 4.96. The van der Waals surface area contributed by atoms with Crippen molar-refractivity contribution >= 4 is 27.7 Å². The first-order chi connectivity index (χ1) is 8.56. The van der Waals surface area contributed by atoms with Gasteiger partial charge in [-0.05, 0) is 59.6 Å². The Morgan fingerprint density at radius 2 is 1.94 bits per heavy atom. The van der Waals surface area contributed by atoms with Crippen LogP contribution in [0.25, 0.3) is 0 Å². The molecule has 0 spiro atoms. The van der Waals surface area contributed by atoms with Gasteiger partial charge in [0.1, 0.15) is 5.82 Å². The molecular weight excluding hydrogens is 292 g/mol. The lowest BCUT2D eigenvalue weighted by Gasteiger charge is -2.07. The zero-order valence-electron chi connectivity index (χ0n) is 10.2. The van der Waals surface area contributed by atoms with E-state index >= 15 is 0 Å². The molecule has 0 aliphatic carbocycles. The second-order valence-electron chi connectivity index (χ2n) is 4.11. The number of anilines is 1. The average molecular weight is 305 g/mol. The Balaban J connectivity index is 2.24. The lowest BCUT2D eigenvalue weighted by atomic mass is 10.2. The first kappa shape index (κ1) is 12.8. The van der Waals surface area contributed by atoms with Gasteiger partial charge in [-0.25, -0.2) is 4.98 Å². The maximum Gasteiger partial charge on any atom is 0.257 e. The number of carbonyl (C=O) groups excluding carboxylic acids is 1. The van der Waals surface area contributed by atoms with E-state index in [4.69, 9.17) is 0 Å². The van der Waals surface area contributed by atoms with Crippen molar-refractivity contribution in [2.75, 3.05) is 5.32 Å². The van der Waals surface area contributed by atoms with Crippen molar-refractivity contribution in [1.82, 2.24) is 4.98 Å². The standard InChI is InChI=1S/C14H13BrN2O/c1-9-7-10(2)16-13(8-9)17-14(18)11-5-3-4-6-12(11)15/h3-8H,1-2H3,(H,16,17,18). The van der Waals surface area contributed by atoms with Crippen molar-refractivity contribution in [3.8, 4) is 0 Å². The van der Waals surface area contributed by atoms with Crippen LogP contribution in [0.3, 0.4) is 0 Å². The number of aryl methyl sites for hydroxylation is 2. The number of hydrogen-bond donors (Lipinski definition) is 1. The first-order valence-electron chi connectivity index (χ1n) is 5.57. The molecule has 0 aliphatic heterocycles. The van der Waals surface area contributed by atoms with E-state index in [1.807, 2.05) is 44.2 Å². The maximum atomic E-state index is 12.1. The summed E-state index contributed by atoms with van der Waals surface area (Å²) >= 11 is 3.36. The third kappa shape index (κ3) is 2.96. The summed E-state index contributed by atoms with van der Waals surface area (Å²) in [4.78, 5) is 16.4. The van der Waals surface area contributed by atoms with Gasteiger partial charge in [0.25, 0.3) is 5.91 Å². The molecule has 0 aliphatic rings. The topological polar surface area (TPSA) is 42.0 Å². The Labute approximate surface area is 114 Å². The third-order valence-electron chi connectivity index (χ3n) is 2.46. The number of hydrogen-bond acceptors (Lipinski definition) is 2. The molecule has 0 saturated heterocycles. The summed E-state index contributed by atoms with van der Waals surface area (Å²) in [5.74, 6) is 0.410. The van der Waals surface area contributed by atoms with Gasteiger partial charge in [0.15, 0.2) is 0 Å². The van der Waals surface area contributed by atoms with Gasteiger partial charge in [0.2, 0.25) is 0 Å². The Hall–Kier alpha value is -1.68. The fourth-order valence-corrected chi connectivity index (χ4v) is 2.20. The minimum Gasteiger partial charge on any atom is -0.307 e. The van der Waals surface area contributed by atoms with Crippen LogP contribution in [0.4, 0.5) is 5.82 Å². The van der Waals surface area contributed by atoms with Gasteiger partial charge in [-0.1, -0.05) is 12.1 Å². The number of pyridine rings is 1. The van der Waals surface area contributed by atoms with Crippen molar-refractivity contribution in [2.24, 2.45) is 0 Å². The Morgan fingerprint density at radius 3 is 2.61 bits per heavy atom. The van der Waals surface area contributed by atoms with Crippen molar-refractivity contribution in [3.05, 3.63) is 57.7 Å². The minimum absolute atomic E-state index is 0.167. The second kappa shape index (κ2) is 5.31. The number of carbonyl (C=O) groups is 1. The number of aromatic nitrogens is 1. The van der Waals surface area contributed by atoms with Crippen LogP contribution in [-0.2, 0) is 0 Å². The summed E-state index contributed by atoms with van der Waals surface area (Å²) in [6.45, 7) is 3.88. The normalized spacial score (nSPS) is 10.2. The maximum absolute atomic E-state index is 12.1. The highest BCUT2D eigenvalue weighted by Gasteiger charge is 2.10. The number of nitrogens with zero attached hydrogens (tertiary/aromatic N) is 1. The molecule has 4 heteroatoms. The van der Waals surface area contributed by atoms with Crippen LogP contribution in [0.5, 0.6) is 0 Å². The Morgan fingerprint density at radius 1 is 1.22 bits per heavy atom. The summed E-state index contributed by atoms with van der Waals surface area (Å²) < 4.78 is 0.770. The SMILES string of the molecule is Cc1cc(C)nc(NC(=O)c2ccccc2Br)c1. The van der Waals surface area contributed by atoms with E-state index in [1.165, 1.54) is 0 Å². The quantitative estimate of drug-likeness (QED) is 0.919. The fourth-order valence-electron chi connectivity index (χ4n) is 1.73. The molecule has 0 bridgehead atoms. The molecule has 3 nitrogen and oxygen atoms in total. The summed E-state index contributed by atoms with van der Waals surface area (Å²) in [7, 11) is 0. The van der Waals surface area contributed by atoms with Crippen LogP contribution in [0.1, 0.15) is 21.6 Å². The van der Waals surface area contributed by atoms with Crippen LogP contribution in [0.15, 0.2) is 40.9 Å². The van der Waals surface area contributed by atoms with Crippen molar-refractivity contribution in [2.45, 2.75) is 13.8 Å². The molecule has 2 aromatic rings. The molecule has 1 heterocycles. The Kier molecular flexibility index (Phi) is 3.77. The van der Waals surface area contributed by atoms with Crippen molar-refractivity contribution in [3.63, 3.8) is 0 Å². The highest BCUT2D eigenvalue weighted by Crippen LogP contribution is 2.17. The van der Waals surface area contributed by atoms with Gasteiger partial charge >= 0.3 is 0 Å². The molecule has 18 heavy (non-hydrogen) atoms. The molecule has 1 aromatic carbocycles. The lowest BCUT2D eigenvalue weighted by Crippen LogP contribution is -2.13. The van der Waals surface area contributed by atoms with Crippen molar-refractivity contribution in [1.29, 1.82) is 0 Å². The highest BCUT2D eigenvalue weighted by molar-refractivity contribution is 9.10. The third-order valence-corrected chi connectivity index (χ3v) is 3.15. The van der Waals surface area contributed by atoms with E-state index in [2.05, 4.69) is 26.2 Å². The molecule has 0 unspecified atom stereocenters. The van der Waals surface area contributed by atoms with Gasteiger partial charge in [-0.15, -0.1) is 0 Å². The molecule has 0 radical (unpaired) electrons. The number of halogens is 1. The van der Waals surface area contributed by atoms with Gasteiger partial charge in [-0.2, -0.15) is 0 Å². The van der Waals surface area contributed by atoms with Crippen LogP contribution in [0.2, 0.25) is 0 Å². The first-order valence-corrected chi connectivity index (χ1v) is 6.37. The van der Waals surface area contributed by atoms with Crippen LogP contribution in [-0.4, -0.2) is 10.9 Å². The monoisotopic (exact) mass is 304 g/mol. The smallest absolute Gasteiger partial charge is 0.257 e. The largest absolute Gasteiger partial charge is 0.307 e. The van der Waals surface area contributed by atoms with Gasteiger partial charge in [0.05, 0.1) is 5.56 Å². The molecule has 0 atom stereocenters. The lowest BCUT2D eigenvalue weighted by molar-refractivity contribution is 0.102. The molecule has 2 rings (SSSR count). The molecule has 1 N–H and O–H groups in total. The summed E-state index contributed by atoms with van der Waals surface area (Å²) in [5, 5.41) is 2.80. The van der Waals surface area contributed by atoms with Crippen molar-refractivity contribution < 1.29 is 4.79 Å². The predicted octanol–water partition coefficient (Wildman–Crippen LogP) is 3.71. The fraction of sp³-hybridized carbons (Fsp3) is 0.143. The molecule has 0 fully saturated rings. The van der Waals surface area contributed by atoms with Crippen LogP contribution in [0, 0.1) is 13.8 Å². The summed E-state index contributed by atoms with van der Waals surface area (Å²) in [5.41, 5.74) is 2.56. The molecule has 0 saturated carbocycles. The minimum atomic E-state index is -0.167. The molecule has 1 amide bonds. The molecule has 1 aromatic heterocycles. The van der Waals surface area contributed by atoms with E-state index in [0.29, 0.717) is 11.4 Å². The molecule has 92 valence electrons. The molecular formula is C14H13BrN2O. The summed E-state index contributed by atoms with van der Waals surface area (Å²) in [6.07, 6.45) is 0. The van der Waals surface area contributed by atoms with E-state index in [9.17, 15) is 4.79 Å². The zero-order chi connectivity index (χ0) is 13.1. The highest BCUT2D eigenvalue weighted by atomic mass is 79.9. The average Bonchev–Trinajstić information content (AvgIpc) is 2.27. The van der Waals surface area contributed by atoms with E-state index in [0.717, 1.165) is 15.7 Å². The number of rotatable bonds is 2. The van der Waals surface area contributed by atoms with Gasteiger partial charge < -0.3 is 5.32 Å². The number of nitrogens with one attached hydrogen (secondary N) is 1. The van der Waals surface area contributed by atoms with E-state index in [-0.39, 0.29) is 5.91 Å². The number of amides is 1. The van der Waals surface area contributed by atoms with Gasteiger partial charge in [0, 0.05) is 10.2 Å². The summed E-state index contributed by atoms with van der Waals surface area (Å²) in [6, 6.07) is 11.1. The van der Waals surface area contributed by atoms with Gasteiger partial charge in [-0.3, -0.25) is 4.79 Å².